The Morgan fingerprint density at radius 1 is 0.837 bits per heavy atom. The lowest BCUT2D eigenvalue weighted by Gasteiger charge is -2.29. The van der Waals surface area contributed by atoms with E-state index in [2.05, 4.69) is 13.2 Å². The van der Waals surface area contributed by atoms with E-state index in [1.54, 1.807) is 6.92 Å². The summed E-state index contributed by atoms with van der Waals surface area (Å²) in [6, 6.07) is 11.5. The molecule has 2 atom stereocenters. The highest BCUT2D eigenvalue weighted by Gasteiger charge is 2.40. The molecule has 0 amide bonds. The van der Waals surface area contributed by atoms with E-state index in [1.807, 2.05) is 43.3 Å². The Balaban J connectivity index is 1.37. The molecule has 0 saturated carbocycles. The van der Waals surface area contributed by atoms with Crippen molar-refractivity contribution in [3.63, 3.8) is 0 Å². The average molecular weight is 595 g/mol. The Kier molecular flexibility index (Phi) is 13.1. The SMILES string of the molecule is C=C(C)C(=O)OCCCCCCc1ccc(OC(N)(N)c2c(N)cc(CCCCCCOC3OC3C(=C)C)cc2N)cc1. The van der Waals surface area contributed by atoms with E-state index in [4.69, 9.17) is 41.9 Å². The summed E-state index contributed by atoms with van der Waals surface area (Å²) in [4.78, 5) is 11.4. The van der Waals surface area contributed by atoms with Crippen LogP contribution in [0.3, 0.4) is 0 Å². The van der Waals surface area contributed by atoms with Crippen LogP contribution in [0.1, 0.15) is 81.9 Å². The summed E-state index contributed by atoms with van der Waals surface area (Å²) in [5.41, 5.74) is 30.4. The second-order valence-corrected chi connectivity index (χ2v) is 11.6. The van der Waals surface area contributed by atoms with Gasteiger partial charge in [0.2, 0.25) is 5.85 Å². The number of hydrogen-bond acceptors (Lipinski definition) is 9. The Hall–Kier alpha value is -3.37. The van der Waals surface area contributed by atoms with E-state index in [1.165, 1.54) is 5.56 Å². The Bertz CT molecular complexity index is 1200. The van der Waals surface area contributed by atoms with Gasteiger partial charge in [-0.3, -0.25) is 11.5 Å². The van der Waals surface area contributed by atoms with Crippen molar-refractivity contribution >= 4 is 17.3 Å². The first-order valence-corrected chi connectivity index (χ1v) is 15.3. The van der Waals surface area contributed by atoms with Gasteiger partial charge in [-0.15, -0.1) is 0 Å². The molecule has 0 aliphatic carbocycles. The summed E-state index contributed by atoms with van der Waals surface area (Å²) in [6.07, 6.45) is 9.82. The molecule has 0 spiro atoms. The zero-order chi connectivity index (χ0) is 31.4. The number of benzene rings is 2. The zero-order valence-electron chi connectivity index (χ0n) is 25.9. The molecular formula is C34H50N4O5. The van der Waals surface area contributed by atoms with Crippen LogP contribution in [0, 0.1) is 0 Å². The Labute approximate surface area is 256 Å². The predicted octanol–water partition coefficient (Wildman–Crippen LogP) is 5.60. The van der Waals surface area contributed by atoms with Crippen LogP contribution in [-0.4, -0.2) is 31.6 Å². The van der Waals surface area contributed by atoms with Gasteiger partial charge in [0.1, 0.15) is 11.9 Å². The molecule has 1 heterocycles. The smallest absolute Gasteiger partial charge is 0.333 e. The van der Waals surface area contributed by atoms with Gasteiger partial charge in [0.25, 0.3) is 0 Å². The number of nitrogen functional groups attached to an aromatic ring is 2. The minimum absolute atomic E-state index is 0.0661. The first-order chi connectivity index (χ1) is 20.5. The molecule has 0 bridgehead atoms. The summed E-state index contributed by atoms with van der Waals surface area (Å²) in [5, 5.41) is 0. The summed E-state index contributed by atoms with van der Waals surface area (Å²) >= 11 is 0. The van der Waals surface area contributed by atoms with Crippen LogP contribution >= 0.6 is 0 Å². The largest absolute Gasteiger partial charge is 0.462 e. The first-order valence-electron chi connectivity index (χ1n) is 15.3. The molecule has 1 aliphatic rings. The zero-order valence-corrected chi connectivity index (χ0v) is 25.9. The second-order valence-electron chi connectivity index (χ2n) is 11.6. The van der Waals surface area contributed by atoms with E-state index in [-0.39, 0.29) is 18.4 Å². The van der Waals surface area contributed by atoms with Crippen LogP contribution in [0.4, 0.5) is 11.4 Å². The summed E-state index contributed by atoms with van der Waals surface area (Å²) in [5.74, 6) is -1.48. The molecule has 0 radical (unpaired) electrons. The van der Waals surface area contributed by atoms with Crippen molar-refractivity contribution in [1.29, 1.82) is 0 Å². The molecule has 1 aliphatic heterocycles. The maximum atomic E-state index is 11.4. The minimum atomic E-state index is -1.68. The van der Waals surface area contributed by atoms with Crippen LogP contribution in [0.5, 0.6) is 5.75 Å². The topological polar surface area (TPSA) is 161 Å². The van der Waals surface area contributed by atoms with Crippen molar-refractivity contribution < 1.29 is 23.7 Å². The van der Waals surface area contributed by atoms with E-state index in [9.17, 15) is 4.79 Å². The number of aryl methyl sites for hydroxylation is 2. The lowest BCUT2D eigenvalue weighted by molar-refractivity contribution is -0.139. The molecule has 0 aromatic heterocycles. The standard InChI is InChI=1S/C34H50N4O5/c1-23(2)31-33(42-31)41-20-12-8-6-10-14-26-21-28(35)30(29(36)22-26)34(37,38)43-27-17-15-25(16-18-27)13-9-5-7-11-19-40-32(39)24(3)4/h15-18,21-22,31,33H,1,3,5-14,19-20,35-38H2,2,4H3. The fraction of sp³-hybridized carbons (Fsp3) is 0.500. The number of nitrogens with two attached hydrogens (primary N) is 4. The molecule has 8 N–H and O–H groups in total. The number of carbonyl (C=O) groups excluding carboxylic acids is 1. The van der Waals surface area contributed by atoms with Gasteiger partial charge in [-0.2, -0.15) is 0 Å². The second kappa shape index (κ2) is 16.5. The number of unbranched alkanes of at least 4 members (excludes halogenated alkanes) is 6. The van der Waals surface area contributed by atoms with Gasteiger partial charge in [0.05, 0.1) is 12.2 Å². The van der Waals surface area contributed by atoms with Gasteiger partial charge in [0.15, 0.2) is 6.29 Å². The van der Waals surface area contributed by atoms with Gasteiger partial charge in [0, 0.05) is 23.6 Å². The monoisotopic (exact) mass is 594 g/mol. The van der Waals surface area contributed by atoms with Gasteiger partial charge in [-0.25, -0.2) is 4.79 Å². The average Bonchev–Trinajstić information content (AvgIpc) is 3.72. The quantitative estimate of drug-likeness (QED) is 0.0291. The molecule has 9 nitrogen and oxygen atoms in total. The third-order valence-corrected chi connectivity index (χ3v) is 7.38. The molecule has 43 heavy (non-hydrogen) atoms. The molecule has 1 saturated heterocycles. The van der Waals surface area contributed by atoms with Crippen molar-refractivity contribution in [1.82, 2.24) is 0 Å². The number of hydrogen-bond donors (Lipinski definition) is 4. The van der Waals surface area contributed by atoms with E-state index in [0.717, 1.165) is 75.3 Å². The van der Waals surface area contributed by atoms with Crippen LogP contribution in [-0.2, 0) is 37.7 Å². The highest BCUT2D eigenvalue weighted by atomic mass is 16.8. The number of carbonyl (C=O) groups is 1. The van der Waals surface area contributed by atoms with Crippen molar-refractivity contribution in [2.75, 3.05) is 24.7 Å². The first kappa shape index (κ1) is 34.1. The van der Waals surface area contributed by atoms with Crippen LogP contribution < -0.4 is 27.7 Å². The third-order valence-electron chi connectivity index (χ3n) is 7.38. The molecule has 236 valence electrons. The highest BCUT2D eigenvalue weighted by molar-refractivity contribution is 5.86. The molecule has 2 unspecified atom stereocenters. The molecule has 2 aromatic rings. The fourth-order valence-corrected chi connectivity index (χ4v) is 4.95. The Morgan fingerprint density at radius 2 is 1.40 bits per heavy atom. The molecule has 1 fully saturated rings. The molecule has 9 heteroatoms. The number of ether oxygens (including phenoxy) is 4. The van der Waals surface area contributed by atoms with Gasteiger partial charge in [-0.05, 0) is 93.3 Å². The van der Waals surface area contributed by atoms with E-state index in [0.29, 0.717) is 41.5 Å². The van der Waals surface area contributed by atoms with Crippen molar-refractivity contribution in [2.24, 2.45) is 11.5 Å². The van der Waals surface area contributed by atoms with Crippen LogP contribution in [0.25, 0.3) is 0 Å². The van der Waals surface area contributed by atoms with Gasteiger partial charge >= 0.3 is 5.97 Å². The fourth-order valence-electron chi connectivity index (χ4n) is 4.95. The van der Waals surface area contributed by atoms with E-state index < -0.39 is 5.85 Å². The lowest BCUT2D eigenvalue weighted by Crippen LogP contribution is -2.52. The van der Waals surface area contributed by atoms with Crippen LogP contribution in [0.15, 0.2) is 60.7 Å². The summed E-state index contributed by atoms with van der Waals surface area (Å²) < 4.78 is 22.2. The minimum Gasteiger partial charge on any atom is -0.462 e. The number of epoxide rings is 1. The van der Waals surface area contributed by atoms with Crippen molar-refractivity contribution in [2.45, 2.75) is 96.3 Å². The summed E-state index contributed by atoms with van der Waals surface area (Å²) in [7, 11) is 0. The normalized spacial score (nSPS) is 16.1. The molecular weight excluding hydrogens is 544 g/mol. The maximum absolute atomic E-state index is 11.4. The molecule has 2 aromatic carbocycles. The summed E-state index contributed by atoms with van der Waals surface area (Å²) in [6.45, 7) is 12.2. The predicted molar refractivity (Wildman–Crippen MR) is 172 cm³/mol. The number of anilines is 2. The Morgan fingerprint density at radius 3 is 1.95 bits per heavy atom. The third kappa shape index (κ3) is 11.3. The number of esters is 1. The van der Waals surface area contributed by atoms with Crippen LogP contribution in [0.2, 0.25) is 0 Å². The maximum Gasteiger partial charge on any atom is 0.333 e. The van der Waals surface area contributed by atoms with Crippen molar-refractivity contribution in [3.05, 3.63) is 77.4 Å². The number of rotatable bonds is 20. The molecule has 3 rings (SSSR count). The van der Waals surface area contributed by atoms with Crippen molar-refractivity contribution in [3.8, 4) is 5.75 Å². The highest BCUT2D eigenvalue weighted by Crippen LogP contribution is 2.32. The van der Waals surface area contributed by atoms with Gasteiger partial charge in [-0.1, -0.05) is 51.0 Å². The van der Waals surface area contributed by atoms with E-state index >= 15 is 0 Å². The lowest BCUT2D eigenvalue weighted by atomic mass is 9.99. The van der Waals surface area contributed by atoms with Gasteiger partial charge < -0.3 is 30.4 Å².